The van der Waals surface area contributed by atoms with Crippen LogP contribution in [0, 0.1) is 13.8 Å². The second-order valence-electron chi connectivity index (χ2n) is 8.45. The molecule has 0 saturated carbocycles. The molecule has 7 nitrogen and oxygen atoms in total. The van der Waals surface area contributed by atoms with E-state index in [0.717, 1.165) is 17.5 Å². The van der Waals surface area contributed by atoms with Crippen LogP contribution in [0.3, 0.4) is 0 Å². The van der Waals surface area contributed by atoms with E-state index >= 15 is 0 Å². The van der Waals surface area contributed by atoms with Crippen LogP contribution in [0.15, 0.2) is 36.4 Å². The predicted molar refractivity (Wildman–Crippen MR) is 122 cm³/mol. The highest BCUT2D eigenvalue weighted by molar-refractivity contribution is 5.91. The summed E-state index contributed by atoms with van der Waals surface area (Å²) >= 11 is 0. The second-order valence-corrected chi connectivity index (χ2v) is 8.45. The number of nitrogens with zero attached hydrogens (tertiary/aromatic N) is 1. The molecular weight excluding hydrogens is 422 g/mol. The molecule has 174 valence electrons. The van der Waals surface area contributed by atoms with Crippen molar-refractivity contribution in [2.24, 2.45) is 0 Å². The van der Waals surface area contributed by atoms with E-state index in [4.69, 9.17) is 9.47 Å². The van der Waals surface area contributed by atoms with Gasteiger partial charge in [0.25, 0.3) is 0 Å². The van der Waals surface area contributed by atoms with Gasteiger partial charge in [0, 0.05) is 26.8 Å². The van der Waals surface area contributed by atoms with Gasteiger partial charge in [0.15, 0.2) is 17.3 Å². The van der Waals surface area contributed by atoms with Crippen molar-refractivity contribution in [3.63, 3.8) is 0 Å². The third kappa shape index (κ3) is 6.28. The Morgan fingerprint density at radius 3 is 2.15 bits per heavy atom. The lowest BCUT2D eigenvalue weighted by Crippen LogP contribution is -2.42. The van der Waals surface area contributed by atoms with Gasteiger partial charge in [-0.3, -0.25) is 19.2 Å². The summed E-state index contributed by atoms with van der Waals surface area (Å²) in [6.45, 7) is 7.10. The molecule has 2 aromatic carbocycles. The Balaban J connectivity index is 1.71. The van der Waals surface area contributed by atoms with Crippen LogP contribution >= 0.6 is 0 Å². The molecule has 0 aliphatic carbocycles. The lowest BCUT2D eigenvalue weighted by Gasteiger charge is -2.24. The summed E-state index contributed by atoms with van der Waals surface area (Å²) in [5.41, 5.74) is 3.86. The van der Waals surface area contributed by atoms with Gasteiger partial charge < -0.3 is 14.4 Å². The highest BCUT2D eigenvalue weighted by atomic mass is 16.6. The van der Waals surface area contributed by atoms with Crippen LogP contribution < -0.4 is 9.47 Å². The molecule has 0 radical (unpaired) electrons. The summed E-state index contributed by atoms with van der Waals surface area (Å²) in [6, 6.07) is 10.2. The number of esters is 2. The Bertz CT molecular complexity index is 1090. The first-order valence-corrected chi connectivity index (χ1v) is 11.0. The summed E-state index contributed by atoms with van der Waals surface area (Å²) in [7, 11) is 0. The minimum atomic E-state index is -0.564. The molecule has 1 aliphatic heterocycles. The number of hydrogen-bond donors (Lipinski definition) is 0. The van der Waals surface area contributed by atoms with Crippen molar-refractivity contribution < 1.29 is 28.7 Å². The Morgan fingerprint density at radius 1 is 0.848 bits per heavy atom. The predicted octanol–water partition coefficient (Wildman–Crippen LogP) is 3.50. The van der Waals surface area contributed by atoms with Gasteiger partial charge in [0.05, 0.1) is 12.5 Å². The standard InChI is InChI=1S/C26H29NO6/c1-16-7-8-20(12-17(16)2)15-26(31)27-11-5-6-22(27)23(30)13-21-9-10-24(32-18(3)28)25(14-21)33-19(4)29/h7-10,12,14,22H,5-6,11,13,15H2,1-4H3. The largest absolute Gasteiger partial charge is 0.423 e. The van der Waals surface area contributed by atoms with E-state index in [-0.39, 0.29) is 36.0 Å². The van der Waals surface area contributed by atoms with E-state index in [1.807, 2.05) is 32.0 Å². The molecule has 1 unspecified atom stereocenters. The van der Waals surface area contributed by atoms with Gasteiger partial charge in [0.1, 0.15) is 0 Å². The average molecular weight is 452 g/mol. The fraction of sp³-hybridized carbons (Fsp3) is 0.385. The maximum Gasteiger partial charge on any atom is 0.308 e. The number of Topliss-reactive ketones (excluding diaryl/α,β-unsaturated/α-hetero) is 1. The first kappa shape index (κ1) is 24.2. The topological polar surface area (TPSA) is 90.0 Å². The molecule has 1 amide bonds. The van der Waals surface area contributed by atoms with E-state index in [0.29, 0.717) is 18.5 Å². The molecule has 7 heteroatoms. The van der Waals surface area contributed by atoms with E-state index in [9.17, 15) is 19.2 Å². The average Bonchev–Trinajstić information content (AvgIpc) is 3.22. The van der Waals surface area contributed by atoms with Crippen LogP contribution in [0.4, 0.5) is 0 Å². The third-order valence-electron chi connectivity index (χ3n) is 5.77. The molecule has 2 aromatic rings. The summed E-state index contributed by atoms with van der Waals surface area (Å²) in [5, 5.41) is 0. The third-order valence-corrected chi connectivity index (χ3v) is 5.77. The van der Waals surface area contributed by atoms with Gasteiger partial charge in [-0.15, -0.1) is 0 Å². The molecule has 1 atom stereocenters. The van der Waals surface area contributed by atoms with Crippen LogP contribution in [-0.2, 0) is 32.0 Å². The SMILES string of the molecule is CC(=O)Oc1ccc(CC(=O)C2CCCN2C(=O)Cc2ccc(C)c(C)c2)cc1OC(C)=O. The summed E-state index contributed by atoms with van der Waals surface area (Å²) in [5.74, 6) is -1.05. The highest BCUT2D eigenvalue weighted by Crippen LogP contribution is 2.30. The summed E-state index contributed by atoms with van der Waals surface area (Å²) < 4.78 is 10.2. The smallest absolute Gasteiger partial charge is 0.308 e. The van der Waals surface area contributed by atoms with Crippen molar-refractivity contribution in [1.29, 1.82) is 0 Å². The Morgan fingerprint density at radius 2 is 1.48 bits per heavy atom. The molecule has 33 heavy (non-hydrogen) atoms. The maximum absolute atomic E-state index is 13.1. The number of ether oxygens (including phenoxy) is 2. The molecule has 1 heterocycles. The van der Waals surface area contributed by atoms with E-state index < -0.39 is 18.0 Å². The molecule has 0 aromatic heterocycles. The fourth-order valence-electron chi connectivity index (χ4n) is 4.04. The van der Waals surface area contributed by atoms with Crippen LogP contribution in [-0.4, -0.2) is 41.1 Å². The lowest BCUT2D eigenvalue weighted by atomic mass is 10.0. The Labute approximate surface area is 193 Å². The zero-order valence-corrected chi connectivity index (χ0v) is 19.5. The summed E-state index contributed by atoms with van der Waals surface area (Å²) in [6.07, 6.45) is 1.74. The molecule has 0 spiro atoms. The number of rotatable bonds is 7. The van der Waals surface area contributed by atoms with E-state index in [1.165, 1.54) is 31.5 Å². The number of likely N-dealkylation sites (tertiary alicyclic amines) is 1. The number of aryl methyl sites for hydroxylation is 2. The van der Waals surface area contributed by atoms with Crippen molar-refractivity contribution in [2.75, 3.05) is 6.54 Å². The van der Waals surface area contributed by atoms with Crippen molar-refractivity contribution in [2.45, 2.75) is 59.4 Å². The number of hydrogen-bond acceptors (Lipinski definition) is 6. The van der Waals surface area contributed by atoms with Crippen molar-refractivity contribution in [3.8, 4) is 11.5 Å². The quantitative estimate of drug-likeness (QED) is 0.473. The second kappa shape index (κ2) is 10.4. The number of carbonyl (C=O) groups excluding carboxylic acids is 4. The summed E-state index contributed by atoms with van der Waals surface area (Å²) in [4.78, 5) is 50.5. The minimum Gasteiger partial charge on any atom is -0.423 e. The van der Waals surface area contributed by atoms with Gasteiger partial charge in [-0.05, 0) is 61.1 Å². The Hall–Kier alpha value is -3.48. The first-order chi connectivity index (χ1) is 15.6. The van der Waals surface area contributed by atoms with Gasteiger partial charge in [-0.25, -0.2) is 0 Å². The number of amides is 1. The molecule has 1 fully saturated rings. The van der Waals surface area contributed by atoms with Crippen molar-refractivity contribution in [3.05, 3.63) is 58.7 Å². The van der Waals surface area contributed by atoms with Crippen LogP contribution in [0.5, 0.6) is 11.5 Å². The molecular formula is C26H29NO6. The van der Waals surface area contributed by atoms with Gasteiger partial charge in [0.2, 0.25) is 5.91 Å². The maximum atomic E-state index is 13.1. The zero-order chi connectivity index (χ0) is 24.1. The van der Waals surface area contributed by atoms with Crippen molar-refractivity contribution >= 4 is 23.6 Å². The number of benzene rings is 2. The van der Waals surface area contributed by atoms with Crippen LogP contribution in [0.25, 0.3) is 0 Å². The van der Waals surface area contributed by atoms with E-state index in [1.54, 1.807) is 11.0 Å². The fourth-order valence-corrected chi connectivity index (χ4v) is 4.04. The molecule has 1 saturated heterocycles. The molecule has 0 bridgehead atoms. The molecule has 3 rings (SSSR count). The normalized spacial score (nSPS) is 15.3. The van der Waals surface area contributed by atoms with Gasteiger partial charge in [-0.1, -0.05) is 24.3 Å². The number of carbonyl (C=O) groups is 4. The number of ketones is 1. The molecule has 1 aliphatic rings. The Kier molecular flexibility index (Phi) is 7.63. The first-order valence-electron chi connectivity index (χ1n) is 11.0. The highest BCUT2D eigenvalue weighted by Gasteiger charge is 2.33. The minimum absolute atomic E-state index is 0.0556. The zero-order valence-electron chi connectivity index (χ0n) is 19.5. The molecule has 0 N–H and O–H groups in total. The monoisotopic (exact) mass is 451 g/mol. The van der Waals surface area contributed by atoms with Crippen LogP contribution in [0.2, 0.25) is 0 Å². The van der Waals surface area contributed by atoms with Gasteiger partial charge in [-0.2, -0.15) is 0 Å². The lowest BCUT2D eigenvalue weighted by molar-refractivity contribution is -0.136. The van der Waals surface area contributed by atoms with Crippen LogP contribution in [0.1, 0.15) is 48.9 Å². The van der Waals surface area contributed by atoms with Crippen molar-refractivity contribution in [1.82, 2.24) is 4.90 Å². The van der Waals surface area contributed by atoms with Gasteiger partial charge >= 0.3 is 11.9 Å². The van der Waals surface area contributed by atoms with E-state index in [2.05, 4.69) is 0 Å².